The number of aromatic nitrogens is 1. The molecule has 6 heteroatoms. The number of hydrogen-bond acceptors (Lipinski definition) is 4. The number of esters is 1. The second-order valence-corrected chi connectivity index (χ2v) is 6.14. The van der Waals surface area contributed by atoms with Crippen molar-refractivity contribution in [2.24, 2.45) is 7.05 Å². The molecule has 0 atom stereocenters. The van der Waals surface area contributed by atoms with Crippen molar-refractivity contribution in [2.45, 2.75) is 13.3 Å². The molecular weight excluding hydrogens is 344 g/mol. The third-order valence-electron chi connectivity index (χ3n) is 4.31. The lowest BCUT2D eigenvalue weighted by Gasteiger charge is -2.12. The minimum absolute atomic E-state index is 0.155. The van der Waals surface area contributed by atoms with Gasteiger partial charge in [0.25, 0.3) is 5.91 Å². The van der Waals surface area contributed by atoms with E-state index in [0.29, 0.717) is 23.6 Å². The van der Waals surface area contributed by atoms with Crippen molar-refractivity contribution in [1.29, 1.82) is 0 Å². The first kappa shape index (κ1) is 18.5. The second kappa shape index (κ2) is 7.95. The highest BCUT2D eigenvalue weighted by Crippen LogP contribution is 2.28. The first-order chi connectivity index (χ1) is 13.0. The number of carbonyl (C=O) groups is 2. The zero-order valence-corrected chi connectivity index (χ0v) is 15.6. The normalized spacial score (nSPS) is 10.6. The number of anilines is 1. The van der Waals surface area contributed by atoms with Crippen LogP contribution in [0.5, 0.6) is 5.75 Å². The summed E-state index contributed by atoms with van der Waals surface area (Å²) in [6.45, 7) is 2.11. The minimum atomic E-state index is -0.299. The lowest BCUT2D eigenvalue weighted by atomic mass is 10.1. The molecule has 2 aromatic carbocycles. The molecule has 0 fully saturated rings. The summed E-state index contributed by atoms with van der Waals surface area (Å²) in [6.07, 6.45) is 1.96. The van der Waals surface area contributed by atoms with Gasteiger partial charge in [-0.15, -0.1) is 0 Å². The molecule has 140 valence electrons. The van der Waals surface area contributed by atoms with E-state index in [0.717, 1.165) is 16.5 Å². The Morgan fingerprint density at radius 3 is 2.67 bits per heavy atom. The molecule has 1 N–H and O–H groups in total. The van der Waals surface area contributed by atoms with Crippen LogP contribution in [0.25, 0.3) is 10.9 Å². The van der Waals surface area contributed by atoms with Crippen LogP contribution in [0.4, 0.5) is 5.69 Å². The third kappa shape index (κ3) is 3.95. The molecule has 0 aliphatic heterocycles. The first-order valence-electron chi connectivity index (χ1n) is 8.71. The van der Waals surface area contributed by atoms with Gasteiger partial charge in [0.05, 0.1) is 31.4 Å². The van der Waals surface area contributed by atoms with Crippen molar-refractivity contribution in [2.75, 3.05) is 19.0 Å². The Morgan fingerprint density at radius 1 is 1.15 bits per heavy atom. The SMILES string of the molecule is CCOC(=O)Cc1ccc(NC(=O)c2cn(C)c3ccccc23)c(OC)c1. The first-order valence-corrected chi connectivity index (χ1v) is 8.71. The Hall–Kier alpha value is -3.28. The van der Waals surface area contributed by atoms with Crippen LogP contribution in [-0.2, 0) is 23.0 Å². The Bertz CT molecular complexity index is 991. The second-order valence-electron chi connectivity index (χ2n) is 6.14. The molecule has 3 aromatic rings. The molecule has 1 aromatic heterocycles. The highest BCUT2D eigenvalue weighted by atomic mass is 16.5. The Kier molecular flexibility index (Phi) is 5.45. The zero-order chi connectivity index (χ0) is 19.4. The number of fused-ring (bicyclic) bond motifs is 1. The fourth-order valence-corrected chi connectivity index (χ4v) is 3.04. The van der Waals surface area contributed by atoms with E-state index in [-0.39, 0.29) is 18.3 Å². The number of ether oxygens (including phenoxy) is 2. The van der Waals surface area contributed by atoms with Gasteiger partial charge >= 0.3 is 5.97 Å². The number of nitrogens with zero attached hydrogens (tertiary/aromatic N) is 1. The van der Waals surface area contributed by atoms with Crippen molar-refractivity contribution in [3.05, 3.63) is 59.8 Å². The average Bonchev–Trinajstić information content (AvgIpc) is 3.00. The van der Waals surface area contributed by atoms with Gasteiger partial charge in [0, 0.05) is 24.1 Å². The van der Waals surface area contributed by atoms with Gasteiger partial charge in [0.2, 0.25) is 0 Å². The quantitative estimate of drug-likeness (QED) is 0.678. The van der Waals surface area contributed by atoms with Crippen LogP contribution in [0.3, 0.4) is 0 Å². The van der Waals surface area contributed by atoms with Crippen molar-refractivity contribution in [1.82, 2.24) is 4.57 Å². The fourth-order valence-electron chi connectivity index (χ4n) is 3.04. The molecule has 3 rings (SSSR count). The van der Waals surface area contributed by atoms with Gasteiger partial charge in [-0.3, -0.25) is 9.59 Å². The van der Waals surface area contributed by atoms with E-state index in [1.165, 1.54) is 7.11 Å². The van der Waals surface area contributed by atoms with Crippen molar-refractivity contribution < 1.29 is 19.1 Å². The van der Waals surface area contributed by atoms with Gasteiger partial charge in [0.1, 0.15) is 5.75 Å². The Labute approximate surface area is 157 Å². The van der Waals surface area contributed by atoms with Crippen LogP contribution in [-0.4, -0.2) is 30.2 Å². The van der Waals surface area contributed by atoms with Crippen molar-refractivity contribution in [3.63, 3.8) is 0 Å². The molecule has 27 heavy (non-hydrogen) atoms. The number of hydrogen-bond donors (Lipinski definition) is 1. The molecule has 0 bridgehead atoms. The molecule has 0 aliphatic rings. The van der Waals surface area contributed by atoms with Gasteiger partial charge in [-0.25, -0.2) is 0 Å². The topological polar surface area (TPSA) is 69.6 Å². The number of carbonyl (C=O) groups excluding carboxylic acids is 2. The summed E-state index contributed by atoms with van der Waals surface area (Å²) >= 11 is 0. The highest BCUT2D eigenvalue weighted by Gasteiger charge is 2.16. The van der Waals surface area contributed by atoms with E-state index in [1.54, 1.807) is 25.1 Å². The summed E-state index contributed by atoms with van der Waals surface area (Å²) in [5.41, 5.74) is 2.88. The molecular formula is C21H22N2O4. The highest BCUT2D eigenvalue weighted by molar-refractivity contribution is 6.13. The maximum absolute atomic E-state index is 12.8. The minimum Gasteiger partial charge on any atom is -0.495 e. The Balaban J connectivity index is 1.84. The van der Waals surface area contributed by atoms with Gasteiger partial charge < -0.3 is 19.4 Å². The maximum Gasteiger partial charge on any atom is 0.310 e. The summed E-state index contributed by atoms with van der Waals surface area (Å²) in [4.78, 5) is 24.5. The largest absolute Gasteiger partial charge is 0.495 e. The fraction of sp³-hybridized carbons (Fsp3) is 0.238. The summed E-state index contributed by atoms with van der Waals surface area (Å²) < 4.78 is 12.3. The van der Waals surface area contributed by atoms with Crippen LogP contribution in [0, 0.1) is 0 Å². The van der Waals surface area contributed by atoms with E-state index < -0.39 is 0 Å². The standard InChI is InChI=1S/C21H22N2O4/c1-4-27-20(24)12-14-9-10-17(19(11-14)26-3)22-21(25)16-13-23(2)18-8-6-5-7-15(16)18/h5-11,13H,4,12H2,1-3H3,(H,22,25). The third-order valence-corrected chi connectivity index (χ3v) is 4.31. The van der Waals surface area contributed by atoms with E-state index in [9.17, 15) is 9.59 Å². The number of methoxy groups -OCH3 is 1. The maximum atomic E-state index is 12.8. The van der Waals surface area contributed by atoms with E-state index in [1.807, 2.05) is 42.1 Å². The monoisotopic (exact) mass is 366 g/mol. The molecule has 0 saturated heterocycles. The van der Waals surface area contributed by atoms with E-state index >= 15 is 0 Å². The van der Waals surface area contributed by atoms with Crippen molar-refractivity contribution in [3.8, 4) is 5.75 Å². The van der Waals surface area contributed by atoms with Gasteiger partial charge in [-0.2, -0.15) is 0 Å². The number of amides is 1. The summed E-state index contributed by atoms with van der Waals surface area (Å²) in [5, 5.41) is 3.78. The molecule has 0 unspecified atom stereocenters. The summed E-state index contributed by atoms with van der Waals surface area (Å²) in [6, 6.07) is 13.0. The average molecular weight is 366 g/mol. The molecule has 0 radical (unpaired) electrons. The number of rotatable bonds is 6. The zero-order valence-electron chi connectivity index (χ0n) is 15.6. The van der Waals surface area contributed by atoms with Crippen LogP contribution in [0.15, 0.2) is 48.7 Å². The van der Waals surface area contributed by atoms with Crippen molar-refractivity contribution >= 4 is 28.5 Å². The summed E-state index contributed by atoms with van der Waals surface area (Å²) in [7, 11) is 3.43. The molecule has 1 amide bonds. The van der Waals surface area contributed by atoms with Crippen LogP contribution in [0.1, 0.15) is 22.8 Å². The predicted molar refractivity (Wildman–Crippen MR) is 104 cm³/mol. The molecule has 6 nitrogen and oxygen atoms in total. The van der Waals surface area contributed by atoms with Crippen LogP contribution >= 0.6 is 0 Å². The van der Waals surface area contributed by atoms with Gasteiger partial charge in [-0.1, -0.05) is 24.3 Å². The molecule has 1 heterocycles. The number of benzene rings is 2. The summed E-state index contributed by atoms with van der Waals surface area (Å²) in [5.74, 6) is -0.0271. The van der Waals surface area contributed by atoms with E-state index in [2.05, 4.69) is 5.32 Å². The number of aryl methyl sites for hydroxylation is 1. The van der Waals surface area contributed by atoms with E-state index in [4.69, 9.17) is 9.47 Å². The molecule has 0 aliphatic carbocycles. The molecule has 0 spiro atoms. The van der Waals surface area contributed by atoms with Crippen LogP contribution < -0.4 is 10.1 Å². The Morgan fingerprint density at radius 2 is 1.93 bits per heavy atom. The number of para-hydroxylation sites is 1. The molecule has 0 saturated carbocycles. The van der Waals surface area contributed by atoms with Gasteiger partial charge in [-0.05, 0) is 30.7 Å². The lowest BCUT2D eigenvalue weighted by Crippen LogP contribution is -2.13. The smallest absolute Gasteiger partial charge is 0.310 e. The van der Waals surface area contributed by atoms with Gasteiger partial charge in [0.15, 0.2) is 0 Å². The lowest BCUT2D eigenvalue weighted by molar-refractivity contribution is -0.142. The number of nitrogens with one attached hydrogen (secondary N) is 1. The predicted octanol–water partition coefficient (Wildman–Crippen LogP) is 3.54. The van der Waals surface area contributed by atoms with Crippen LogP contribution in [0.2, 0.25) is 0 Å².